The first-order valence-electron chi connectivity index (χ1n) is 5.52. The van der Waals surface area contributed by atoms with E-state index in [0.717, 1.165) is 0 Å². The third-order valence-corrected chi connectivity index (χ3v) is 3.37. The summed E-state index contributed by atoms with van der Waals surface area (Å²) in [6, 6.07) is 1.12. The van der Waals surface area contributed by atoms with Gasteiger partial charge in [-0.3, -0.25) is 0 Å². The Hall–Kier alpha value is -0.0800. The highest BCUT2D eigenvalue weighted by molar-refractivity contribution is 4.84. The Morgan fingerprint density at radius 1 is 1.31 bits per heavy atom. The number of aliphatic hydroxyl groups is 1. The van der Waals surface area contributed by atoms with Gasteiger partial charge in [0.25, 0.3) is 0 Å². The van der Waals surface area contributed by atoms with Crippen molar-refractivity contribution in [2.75, 3.05) is 6.61 Å². The highest BCUT2D eigenvalue weighted by Gasteiger charge is 2.27. The summed E-state index contributed by atoms with van der Waals surface area (Å²) in [5, 5.41) is 12.8. The molecule has 0 aliphatic heterocycles. The molecule has 0 aromatic rings. The van der Waals surface area contributed by atoms with Crippen molar-refractivity contribution in [2.45, 2.75) is 52.1 Å². The van der Waals surface area contributed by atoms with Crippen molar-refractivity contribution in [1.29, 1.82) is 0 Å². The Bertz CT molecular complexity index is 147. The van der Waals surface area contributed by atoms with Crippen LogP contribution in [0.2, 0.25) is 0 Å². The molecule has 1 saturated carbocycles. The highest BCUT2D eigenvalue weighted by Crippen LogP contribution is 2.25. The summed E-state index contributed by atoms with van der Waals surface area (Å²) < 4.78 is 0. The molecule has 0 amide bonds. The van der Waals surface area contributed by atoms with Gasteiger partial charge in [-0.15, -0.1) is 0 Å². The summed E-state index contributed by atoms with van der Waals surface area (Å²) in [6.45, 7) is 7.06. The molecule has 0 heterocycles. The summed E-state index contributed by atoms with van der Waals surface area (Å²) >= 11 is 0. The predicted octanol–water partition coefficient (Wildman–Crippen LogP) is 1.78. The lowest BCUT2D eigenvalue weighted by Crippen LogP contribution is -2.42. The average Bonchev–Trinajstić information content (AvgIpc) is 2.51. The van der Waals surface area contributed by atoms with Crippen molar-refractivity contribution in [3.05, 3.63) is 0 Å². The minimum absolute atomic E-state index is 0.350. The Morgan fingerprint density at radius 2 is 2.00 bits per heavy atom. The maximum absolute atomic E-state index is 9.15. The fourth-order valence-electron chi connectivity index (χ4n) is 2.00. The van der Waals surface area contributed by atoms with Gasteiger partial charge in [0.1, 0.15) is 0 Å². The van der Waals surface area contributed by atoms with Crippen LogP contribution < -0.4 is 5.32 Å². The van der Waals surface area contributed by atoms with Crippen LogP contribution in [0.3, 0.4) is 0 Å². The minimum Gasteiger partial charge on any atom is -0.396 e. The molecule has 2 nitrogen and oxygen atoms in total. The summed E-state index contributed by atoms with van der Waals surface area (Å²) in [5.41, 5.74) is 0. The molecule has 3 unspecified atom stereocenters. The van der Waals surface area contributed by atoms with E-state index in [1.807, 2.05) is 0 Å². The summed E-state index contributed by atoms with van der Waals surface area (Å²) in [6.07, 6.45) is 3.70. The van der Waals surface area contributed by atoms with E-state index in [1.54, 1.807) is 0 Å². The first-order valence-corrected chi connectivity index (χ1v) is 5.52. The lowest BCUT2D eigenvalue weighted by Gasteiger charge is -2.26. The molecule has 13 heavy (non-hydrogen) atoms. The number of aliphatic hydroxyl groups excluding tert-OH is 1. The molecule has 2 heteroatoms. The van der Waals surface area contributed by atoms with Gasteiger partial charge >= 0.3 is 0 Å². The van der Waals surface area contributed by atoms with Gasteiger partial charge in [0, 0.05) is 18.7 Å². The van der Waals surface area contributed by atoms with Gasteiger partial charge in [-0.2, -0.15) is 0 Å². The first kappa shape index (κ1) is 11.0. The Morgan fingerprint density at radius 3 is 2.54 bits per heavy atom. The standard InChI is InChI=1S/C11H23NO/c1-8(2)9(3)12-11-6-4-5-10(11)7-13/h8-13H,4-7H2,1-3H3. The third kappa shape index (κ3) is 2.96. The smallest absolute Gasteiger partial charge is 0.0474 e. The van der Waals surface area contributed by atoms with Crippen molar-refractivity contribution in [2.24, 2.45) is 11.8 Å². The van der Waals surface area contributed by atoms with Crippen molar-refractivity contribution in [1.82, 2.24) is 5.32 Å². The molecule has 0 bridgehead atoms. The number of nitrogens with one attached hydrogen (secondary N) is 1. The first-order chi connectivity index (χ1) is 6.15. The van der Waals surface area contributed by atoms with Gasteiger partial charge in [0.15, 0.2) is 0 Å². The van der Waals surface area contributed by atoms with Crippen molar-refractivity contribution < 1.29 is 5.11 Å². The van der Waals surface area contributed by atoms with E-state index in [1.165, 1.54) is 19.3 Å². The van der Waals surface area contributed by atoms with Gasteiger partial charge in [0.2, 0.25) is 0 Å². The van der Waals surface area contributed by atoms with E-state index in [-0.39, 0.29) is 0 Å². The summed E-state index contributed by atoms with van der Waals surface area (Å²) in [7, 11) is 0. The molecular weight excluding hydrogens is 162 g/mol. The molecule has 1 fully saturated rings. The van der Waals surface area contributed by atoms with Crippen molar-refractivity contribution in [3.8, 4) is 0 Å². The number of rotatable bonds is 4. The zero-order valence-electron chi connectivity index (χ0n) is 9.09. The summed E-state index contributed by atoms with van der Waals surface area (Å²) in [4.78, 5) is 0. The molecular formula is C11H23NO. The molecule has 78 valence electrons. The molecule has 2 N–H and O–H groups in total. The molecule has 0 aromatic heterocycles. The van der Waals surface area contributed by atoms with Crippen LogP contribution in [-0.2, 0) is 0 Å². The summed E-state index contributed by atoms with van der Waals surface area (Å²) in [5.74, 6) is 1.18. The van der Waals surface area contributed by atoms with Gasteiger partial charge in [0.05, 0.1) is 0 Å². The lowest BCUT2D eigenvalue weighted by atomic mass is 10.0. The molecule has 0 saturated heterocycles. The zero-order valence-corrected chi connectivity index (χ0v) is 9.09. The lowest BCUT2D eigenvalue weighted by molar-refractivity contribution is 0.195. The minimum atomic E-state index is 0.350. The van der Waals surface area contributed by atoms with Gasteiger partial charge < -0.3 is 10.4 Å². The van der Waals surface area contributed by atoms with E-state index in [9.17, 15) is 0 Å². The molecule has 3 atom stereocenters. The van der Waals surface area contributed by atoms with E-state index in [0.29, 0.717) is 30.5 Å². The fourth-order valence-corrected chi connectivity index (χ4v) is 2.00. The van der Waals surface area contributed by atoms with Crippen LogP contribution in [0.25, 0.3) is 0 Å². The average molecular weight is 185 g/mol. The van der Waals surface area contributed by atoms with Crippen LogP contribution in [0.1, 0.15) is 40.0 Å². The van der Waals surface area contributed by atoms with E-state index in [4.69, 9.17) is 5.11 Å². The maximum atomic E-state index is 9.15. The Balaban J connectivity index is 2.34. The molecule has 0 aromatic carbocycles. The maximum Gasteiger partial charge on any atom is 0.0474 e. The van der Waals surface area contributed by atoms with Crippen LogP contribution in [-0.4, -0.2) is 23.8 Å². The topological polar surface area (TPSA) is 32.3 Å². The van der Waals surface area contributed by atoms with E-state index < -0.39 is 0 Å². The molecule has 0 radical (unpaired) electrons. The van der Waals surface area contributed by atoms with Gasteiger partial charge in [-0.25, -0.2) is 0 Å². The monoisotopic (exact) mass is 185 g/mol. The van der Waals surface area contributed by atoms with E-state index in [2.05, 4.69) is 26.1 Å². The highest BCUT2D eigenvalue weighted by atomic mass is 16.3. The normalized spacial score (nSPS) is 31.2. The predicted molar refractivity (Wildman–Crippen MR) is 55.7 cm³/mol. The molecule has 0 spiro atoms. The number of hydrogen-bond acceptors (Lipinski definition) is 2. The van der Waals surface area contributed by atoms with Crippen LogP contribution >= 0.6 is 0 Å². The van der Waals surface area contributed by atoms with Crippen LogP contribution in [0.15, 0.2) is 0 Å². The van der Waals surface area contributed by atoms with E-state index >= 15 is 0 Å². The largest absolute Gasteiger partial charge is 0.396 e. The van der Waals surface area contributed by atoms with Crippen LogP contribution in [0.4, 0.5) is 0 Å². The second-order valence-electron chi connectivity index (χ2n) is 4.68. The second kappa shape index (κ2) is 4.97. The van der Waals surface area contributed by atoms with Crippen molar-refractivity contribution in [3.63, 3.8) is 0 Å². The molecule has 1 rings (SSSR count). The second-order valence-corrected chi connectivity index (χ2v) is 4.68. The Kier molecular flexibility index (Phi) is 4.20. The van der Waals surface area contributed by atoms with Gasteiger partial charge in [-0.1, -0.05) is 20.3 Å². The quantitative estimate of drug-likeness (QED) is 0.700. The zero-order chi connectivity index (χ0) is 9.84. The molecule has 1 aliphatic carbocycles. The Labute approximate surface area is 81.7 Å². The number of hydrogen-bond donors (Lipinski definition) is 2. The van der Waals surface area contributed by atoms with Gasteiger partial charge in [-0.05, 0) is 31.6 Å². The SMILES string of the molecule is CC(C)C(C)NC1CCCC1CO. The van der Waals surface area contributed by atoms with Crippen molar-refractivity contribution >= 4 is 0 Å². The van der Waals surface area contributed by atoms with Crippen LogP contribution in [0.5, 0.6) is 0 Å². The fraction of sp³-hybridized carbons (Fsp3) is 1.00. The molecule has 1 aliphatic rings. The van der Waals surface area contributed by atoms with Crippen LogP contribution in [0, 0.1) is 11.8 Å². The third-order valence-electron chi connectivity index (χ3n) is 3.37.